The smallest absolute Gasteiger partial charge is 0.257 e. The second kappa shape index (κ2) is 6.73. The molecule has 7 nitrogen and oxygen atoms in total. The number of carbonyl (C=O) groups is 3. The van der Waals surface area contributed by atoms with Crippen molar-refractivity contribution in [3.8, 4) is 0 Å². The van der Waals surface area contributed by atoms with Crippen molar-refractivity contribution in [2.45, 2.75) is 6.04 Å². The Morgan fingerprint density at radius 3 is 2.83 bits per heavy atom. The predicted octanol–water partition coefficient (Wildman–Crippen LogP) is 3.11. The Hall–Kier alpha value is -3.13. The molecule has 1 aromatic heterocycles. The van der Waals surface area contributed by atoms with Crippen LogP contribution in [0, 0.1) is 0 Å². The molecule has 1 fully saturated rings. The van der Waals surface area contributed by atoms with Crippen molar-refractivity contribution in [2.24, 2.45) is 0 Å². The number of benzene rings is 2. The zero-order chi connectivity index (χ0) is 20.1. The number of para-hydroxylation sites is 1. The summed E-state index contributed by atoms with van der Waals surface area (Å²) in [5, 5.41) is 3.56. The second-order valence-corrected chi connectivity index (χ2v) is 8.01. The molecule has 146 valence electrons. The number of furan rings is 1. The lowest BCUT2D eigenvalue weighted by Gasteiger charge is -2.39. The van der Waals surface area contributed by atoms with Gasteiger partial charge in [0, 0.05) is 22.9 Å². The summed E-state index contributed by atoms with van der Waals surface area (Å²) in [7, 11) is 0. The van der Waals surface area contributed by atoms with E-state index in [2.05, 4.69) is 21.2 Å². The summed E-state index contributed by atoms with van der Waals surface area (Å²) in [6.07, 6.45) is 1.45. The minimum atomic E-state index is -0.746. The van der Waals surface area contributed by atoms with Crippen molar-refractivity contribution in [2.75, 3.05) is 25.0 Å². The molecular formula is C21H16BrN3O4. The first-order valence-corrected chi connectivity index (χ1v) is 9.99. The zero-order valence-electron chi connectivity index (χ0n) is 15.2. The fourth-order valence-electron chi connectivity index (χ4n) is 3.92. The van der Waals surface area contributed by atoms with Crippen molar-refractivity contribution < 1.29 is 18.8 Å². The van der Waals surface area contributed by atoms with E-state index in [1.165, 1.54) is 6.26 Å². The van der Waals surface area contributed by atoms with Crippen molar-refractivity contribution in [3.05, 3.63) is 64.3 Å². The summed E-state index contributed by atoms with van der Waals surface area (Å²) < 4.78 is 6.25. The van der Waals surface area contributed by atoms with Gasteiger partial charge in [-0.2, -0.15) is 0 Å². The van der Waals surface area contributed by atoms with E-state index in [9.17, 15) is 14.4 Å². The first-order chi connectivity index (χ1) is 14.0. The number of hydrogen-bond acceptors (Lipinski definition) is 4. The van der Waals surface area contributed by atoms with Crippen LogP contribution in [0.15, 0.2) is 57.6 Å². The van der Waals surface area contributed by atoms with Gasteiger partial charge in [-0.1, -0.05) is 34.1 Å². The second-order valence-electron chi connectivity index (χ2n) is 7.09. The number of hydrogen-bond donors (Lipinski definition) is 1. The SMILES string of the molecule is O=C1Nc2ccc(Br)cc2C(=O)N2CCN(C(=O)c3coc4ccccc34)CC12. The molecule has 2 aliphatic heterocycles. The lowest BCUT2D eigenvalue weighted by molar-refractivity contribution is -0.121. The van der Waals surface area contributed by atoms with Gasteiger partial charge >= 0.3 is 0 Å². The van der Waals surface area contributed by atoms with Crippen LogP contribution in [0.1, 0.15) is 20.7 Å². The highest BCUT2D eigenvalue weighted by atomic mass is 79.9. The molecule has 1 saturated heterocycles. The zero-order valence-corrected chi connectivity index (χ0v) is 16.8. The molecule has 1 N–H and O–H groups in total. The lowest BCUT2D eigenvalue weighted by atomic mass is 10.1. The van der Waals surface area contributed by atoms with Crippen LogP contribution in [-0.2, 0) is 4.79 Å². The van der Waals surface area contributed by atoms with Gasteiger partial charge in [0.1, 0.15) is 17.9 Å². The van der Waals surface area contributed by atoms with Crippen LogP contribution in [0.5, 0.6) is 0 Å². The van der Waals surface area contributed by atoms with Crippen molar-refractivity contribution in [3.63, 3.8) is 0 Å². The van der Waals surface area contributed by atoms with Crippen molar-refractivity contribution in [1.29, 1.82) is 0 Å². The number of amides is 3. The van der Waals surface area contributed by atoms with Gasteiger partial charge in [0.05, 0.1) is 23.4 Å². The summed E-state index contributed by atoms with van der Waals surface area (Å²) in [5.41, 5.74) is 2.02. The molecule has 1 unspecified atom stereocenters. The largest absolute Gasteiger partial charge is 0.463 e. The normalized spacial score (nSPS) is 18.9. The van der Waals surface area contributed by atoms with Gasteiger partial charge in [-0.05, 0) is 24.3 Å². The maximum absolute atomic E-state index is 13.1. The van der Waals surface area contributed by atoms with E-state index >= 15 is 0 Å². The molecule has 29 heavy (non-hydrogen) atoms. The highest BCUT2D eigenvalue weighted by Gasteiger charge is 2.40. The van der Waals surface area contributed by atoms with Crippen LogP contribution >= 0.6 is 15.9 Å². The molecule has 3 amide bonds. The summed E-state index contributed by atoms with van der Waals surface area (Å²) >= 11 is 3.37. The van der Waals surface area contributed by atoms with E-state index in [0.29, 0.717) is 28.9 Å². The molecule has 0 aliphatic carbocycles. The van der Waals surface area contributed by atoms with E-state index in [0.717, 1.165) is 9.86 Å². The number of nitrogens with one attached hydrogen (secondary N) is 1. The van der Waals surface area contributed by atoms with Crippen LogP contribution in [0.4, 0.5) is 5.69 Å². The van der Waals surface area contributed by atoms with Crippen LogP contribution in [0.3, 0.4) is 0 Å². The molecule has 0 bridgehead atoms. The molecule has 0 saturated carbocycles. The molecule has 8 heteroatoms. The standard InChI is InChI=1S/C21H16BrN3O4/c22-12-5-6-16-14(9-12)21(28)25-8-7-24(10-17(25)19(26)23-16)20(27)15-11-29-18-4-2-1-3-13(15)18/h1-6,9,11,17H,7-8,10H2,(H,23,26). The molecule has 2 aliphatic rings. The Bertz CT molecular complexity index is 1170. The van der Waals surface area contributed by atoms with Crippen LogP contribution < -0.4 is 5.32 Å². The summed E-state index contributed by atoms with van der Waals surface area (Å²) in [4.78, 5) is 42.1. The fraction of sp³-hybridized carbons (Fsp3) is 0.190. The van der Waals surface area contributed by atoms with Crippen LogP contribution in [0.2, 0.25) is 0 Å². The first-order valence-electron chi connectivity index (χ1n) is 9.20. The van der Waals surface area contributed by atoms with Gasteiger partial charge in [0.15, 0.2) is 0 Å². The Kier molecular flexibility index (Phi) is 4.16. The number of rotatable bonds is 1. The van der Waals surface area contributed by atoms with Crippen molar-refractivity contribution >= 4 is 50.3 Å². The Morgan fingerprint density at radius 1 is 1.14 bits per heavy atom. The van der Waals surface area contributed by atoms with Gasteiger partial charge in [0.25, 0.3) is 11.8 Å². The number of carbonyl (C=O) groups excluding carboxylic acids is 3. The number of nitrogens with zero attached hydrogens (tertiary/aromatic N) is 2. The number of fused-ring (bicyclic) bond motifs is 3. The maximum Gasteiger partial charge on any atom is 0.257 e. The third kappa shape index (κ3) is 2.91. The van der Waals surface area contributed by atoms with Crippen molar-refractivity contribution in [1.82, 2.24) is 9.80 Å². The van der Waals surface area contributed by atoms with E-state index < -0.39 is 6.04 Å². The van der Waals surface area contributed by atoms with Gasteiger partial charge in [-0.25, -0.2) is 0 Å². The topological polar surface area (TPSA) is 82.9 Å². The molecule has 1 atom stereocenters. The van der Waals surface area contributed by atoms with Crippen LogP contribution in [0.25, 0.3) is 11.0 Å². The highest BCUT2D eigenvalue weighted by molar-refractivity contribution is 9.10. The monoisotopic (exact) mass is 453 g/mol. The van der Waals surface area contributed by atoms with Gasteiger partial charge < -0.3 is 19.5 Å². The summed E-state index contributed by atoms with van der Waals surface area (Å²) in [5.74, 6) is -0.723. The third-order valence-electron chi connectivity index (χ3n) is 5.41. The number of anilines is 1. The predicted molar refractivity (Wildman–Crippen MR) is 110 cm³/mol. The van der Waals surface area contributed by atoms with Gasteiger partial charge in [-0.3, -0.25) is 14.4 Å². The lowest BCUT2D eigenvalue weighted by Crippen LogP contribution is -2.59. The summed E-state index contributed by atoms with van der Waals surface area (Å²) in [6, 6.07) is 11.8. The van der Waals surface area contributed by atoms with E-state index in [1.807, 2.05) is 18.2 Å². The minimum absolute atomic E-state index is 0.130. The summed E-state index contributed by atoms with van der Waals surface area (Å²) in [6.45, 7) is 0.757. The molecule has 5 rings (SSSR count). The number of piperazine rings is 1. The minimum Gasteiger partial charge on any atom is -0.463 e. The number of halogens is 1. The van der Waals surface area contributed by atoms with E-state index in [1.54, 1.807) is 34.1 Å². The quantitative estimate of drug-likeness (QED) is 0.613. The fourth-order valence-corrected chi connectivity index (χ4v) is 4.28. The third-order valence-corrected chi connectivity index (χ3v) is 5.91. The Labute approximate surface area is 174 Å². The van der Waals surface area contributed by atoms with Gasteiger partial charge in [0.2, 0.25) is 5.91 Å². The Balaban J connectivity index is 1.44. The van der Waals surface area contributed by atoms with Crippen LogP contribution in [-0.4, -0.2) is 53.2 Å². The first kappa shape index (κ1) is 17.9. The molecule has 0 spiro atoms. The molecule has 3 heterocycles. The average Bonchev–Trinajstić information content (AvgIpc) is 3.13. The van der Waals surface area contributed by atoms with Gasteiger partial charge in [-0.15, -0.1) is 0 Å². The molecular weight excluding hydrogens is 438 g/mol. The molecule has 2 aromatic carbocycles. The van der Waals surface area contributed by atoms with E-state index in [4.69, 9.17) is 4.42 Å². The highest BCUT2D eigenvalue weighted by Crippen LogP contribution is 2.29. The average molecular weight is 454 g/mol. The Morgan fingerprint density at radius 2 is 1.97 bits per heavy atom. The maximum atomic E-state index is 13.1. The van der Waals surface area contributed by atoms with E-state index in [-0.39, 0.29) is 30.8 Å². The molecule has 3 aromatic rings. The molecule has 0 radical (unpaired) electrons.